The Bertz CT molecular complexity index is 121. The van der Waals surface area contributed by atoms with Crippen molar-refractivity contribution < 1.29 is 0 Å². The summed E-state index contributed by atoms with van der Waals surface area (Å²) in [6.07, 6.45) is 12.2. The Hall–Kier alpha value is 1.53. The third kappa shape index (κ3) is 3.84. The van der Waals surface area contributed by atoms with Crippen LogP contribution < -0.4 is 0 Å². The Balaban J connectivity index is 0.000000845. The molecule has 3 radical (unpaired) electrons. The molecule has 2 aliphatic carbocycles. The van der Waals surface area contributed by atoms with Crippen molar-refractivity contribution >= 4 is 46.9 Å². The van der Waals surface area contributed by atoms with Gasteiger partial charge in [0.15, 0.2) is 0 Å². The second kappa shape index (κ2) is 7.75. The fourth-order valence-electron chi connectivity index (χ4n) is 3.35. The van der Waals surface area contributed by atoms with Crippen LogP contribution in [0.25, 0.3) is 0 Å². The van der Waals surface area contributed by atoms with E-state index < -0.39 is 0 Å². The zero-order chi connectivity index (χ0) is 8.39. The van der Waals surface area contributed by atoms with Gasteiger partial charge in [-0.2, -0.15) is 0 Å². The monoisotopic (exact) mass is 217 g/mol. The normalized spacial score (nSPS) is 23.6. The molecule has 0 N–H and O–H groups in total. The van der Waals surface area contributed by atoms with Gasteiger partial charge in [0.05, 0.1) is 0 Å². The van der Waals surface area contributed by atoms with Gasteiger partial charge in [-0.25, -0.2) is 0 Å². The molecular formula is C12H23AlNa. The van der Waals surface area contributed by atoms with Gasteiger partial charge in [0.2, 0.25) is 0 Å². The van der Waals surface area contributed by atoms with E-state index in [0.29, 0.717) is 0 Å². The first kappa shape index (κ1) is 15.5. The zero-order valence-corrected chi connectivity index (χ0v) is 10.1. The van der Waals surface area contributed by atoms with Crippen LogP contribution in [0.3, 0.4) is 0 Å². The molecule has 0 aromatic heterocycles. The third-order valence-electron chi connectivity index (χ3n) is 4.29. The van der Waals surface area contributed by atoms with E-state index in [0.717, 1.165) is 17.8 Å². The summed E-state index contributed by atoms with van der Waals surface area (Å²) in [6, 6.07) is 0. The molecule has 0 nitrogen and oxygen atoms in total. The average Bonchev–Trinajstić information content (AvgIpc) is 2.77. The maximum absolute atomic E-state index is 2.52. The van der Waals surface area contributed by atoms with Crippen LogP contribution in [0.4, 0.5) is 0 Å². The minimum absolute atomic E-state index is 0. The second-order valence-corrected chi connectivity index (χ2v) is 4.95. The van der Waals surface area contributed by atoms with Crippen LogP contribution in [0.1, 0.15) is 58.3 Å². The van der Waals surface area contributed by atoms with Crippen molar-refractivity contribution in [3.63, 3.8) is 0 Å². The van der Waals surface area contributed by atoms with E-state index >= 15 is 0 Å². The molecule has 0 aliphatic heterocycles. The van der Waals surface area contributed by atoms with Crippen LogP contribution in [0, 0.1) is 17.8 Å². The summed E-state index contributed by atoms with van der Waals surface area (Å²) in [5.74, 6) is 3.26. The Kier molecular flexibility index (Phi) is 8.60. The molecule has 0 heterocycles. The Labute approximate surface area is 122 Å². The molecule has 2 fully saturated rings. The van der Waals surface area contributed by atoms with Gasteiger partial charge in [-0.1, -0.05) is 58.3 Å². The van der Waals surface area contributed by atoms with Gasteiger partial charge in [-0.15, -0.1) is 0 Å². The molecule has 2 heteroatoms. The van der Waals surface area contributed by atoms with E-state index in [1.807, 2.05) is 0 Å². The molecule has 14 heavy (non-hydrogen) atoms. The Morgan fingerprint density at radius 2 is 1.07 bits per heavy atom. The van der Waals surface area contributed by atoms with Crippen molar-refractivity contribution in [1.82, 2.24) is 0 Å². The number of rotatable bonds is 2. The van der Waals surface area contributed by atoms with E-state index in [1.54, 1.807) is 0 Å². The SMILES string of the molecule is CC(C1CCCC1)C1CCCC1.[Al].[NaH]. The van der Waals surface area contributed by atoms with Crippen molar-refractivity contribution in [2.24, 2.45) is 17.8 Å². The van der Waals surface area contributed by atoms with E-state index in [9.17, 15) is 0 Å². The third-order valence-corrected chi connectivity index (χ3v) is 4.29. The molecule has 0 aromatic carbocycles. The minimum atomic E-state index is 0. The van der Waals surface area contributed by atoms with E-state index in [1.165, 1.54) is 51.4 Å². The van der Waals surface area contributed by atoms with Crippen molar-refractivity contribution in [3.8, 4) is 0 Å². The van der Waals surface area contributed by atoms with Gasteiger partial charge in [-0.3, -0.25) is 0 Å². The fourth-order valence-corrected chi connectivity index (χ4v) is 3.35. The molecular weight excluding hydrogens is 194 g/mol. The first-order valence-corrected chi connectivity index (χ1v) is 5.88. The van der Waals surface area contributed by atoms with E-state index in [-0.39, 0.29) is 46.9 Å². The van der Waals surface area contributed by atoms with Gasteiger partial charge >= 0.3 is 29.6 Å². The Morgan fingerprint density at radius 3 is 1.36 bits per heavy atom. The van der Waals surface area contributed by atoms with Crippen LogP contribution in [0.2, 0.25) is 0 Å². The van der Waals surface area contributed by atoms with Gasteiger partial charge in [0.1, 0.15) is 0 Å². The van der Waals surface area contributed by atoms with E-state index in [4.69, 9.17) is 0 Å². The molecule has 0 atom stereocenters. The molecule has 0 bridgehead atoms. The number of hydrogen-bond acceptors (Lipinski definition) is 0. The molecule has 0 amide bonds. The molecule has 2 rings (SSSR count). The molecule has 0 unspecified atom stereocenters. The van der Waals surface area contributed by atoms with Crippen LogP contribution in [0.5, 0.6) is 0 Å². The Morgan fingerprint density at radius 1 is 0.786 bits per heavy atom. The molecule has 2 aliphatic rings. The fraction of sp³-hybridized carbons (Fsp3) is 1.00. The van der Waals surface area contributed by atoms with Crippen molar-refractivity contribution in [3.05, 3.63) is 0 Å². The summed E-state index contributed by atoms with van der Waals surface area (Å²) in [4.78, 5) is 0. The first-order valence-electron chi connectivity index (χ1n) is 5.88. The summed E-state index contributed by atoms with van der Waals surface area (Å²) < 4.78 is 0. The van der Waals surface area contributed by atoms with Crippen molar-refractivity contribution in [2.45, 2.75) is 58.3 Å². The summed E-state index contributed by atoms with van der Waals surface area (Å²) in [7, 11) is 0. The van der Waals surface area contributed by atoms with Crippen LogP contribution >= 0.6 is 0 Å². The van der Waals surface area contributed by atoms with Crippen LogP contribution in [-0.2, 0) is 0 Å². The van der Waals surface area contributed by atoms with Gasteiger partial charge in [0.25, 0.3) is 0 Å². The zero-order valence-electron chi connectivity index (χ0n) is 8.97. The standard InChI is InChI=1S/C12H22.Al.Na.H/c1-10(11-6-2-3-7-11)12-8-4-5-9-12;;;/h10-12H,2-9H2,1H3;;;. The molecule has 0 aromatic rings. The van der Waals surface area contributed by atoms with Crippen LogP contribution in [0.15, 0.2) is 0 Å². The average molecular weight is 217 g/mol. The predicted octanol–water partition coefficient (Wildman–Crippen LogP) is 2.97. The van der Waals surface area contributed by atoms with Crippen molar-refractivity contribution in [1.29, 1.82) is 0 Å². The first-order chi connectivity index (χ1) is 5.88. The molecule has 0 saturated heterocycles. The summed E-state index contributed by atoms with van der Waals surface area (Å²) in [5.41, 5.74) is 0. The summed E-state index contributed by atoms with van der Waals surface area (Å²) in [6.45, 7) is 2.52. The quantitative estimate of drug-likeness (QED) is 0.624. The van der Waals surface area contributed by atoms with Crippen molar-refractivity contribution in [2.75, 3.05) is 0 Å². The van der Waals surface area contributed by atoms with Gasteiger partial charge in [0, 0.05) is 17.4 Å². The summed E-state index contributed by atoms with van der Waals surface area (Å²) >= 11 is 0. The van der Waals surface area contributed by atoms with Gasteiger partial charge < -0.3 is 0 Å². The van der Waals surface area contributed by atoms with Gasteiger partial charge in [-0.05, 0) is 17.8 Å². The van der Waals surface area contributed by atoms with E-state index in [2.05, 4.69) is 6.92 Å². The topological polar surface area (TPSA) is 0 Å². The maximum atomic E-state index is 2.52. The molecule has 75 valence electrons. The second-order valence-electron chi connectivity index (χ2n) is 4.95. The van der Waals surface area contributed by atoms with Crippen LogP contribution in [-0.4, -0.2) is 46.9 Å². The molecule has 0 spiro atoms. The summed E-state index contributed by atoms with van der Waals surface area (Å²) in [5, 5.41) is 0. The number of hydrogen-bond donors (Lipinski definition) is 0. The predicted molar refractivity (Wildman–Crippen MR) is 66.0 cm³/mol. The molecule has 2 saturated carbocycles.